The summed E-state index contributed by atoms with van der Waals surface area (Å²) in [5, 5.41) is 8.44. The lowest BCUT2D eigenvalue weighted by Gasteiger charge is -2.09. The van der Waals surface area contributed by atoms with E-state index in [4.69, 9.17) is 0 Å². The Morgan fingerprint density at radius 1 is 1.00 bits per heavy atom. The van der Waals surface area contributed by atoms with Crippen LogP contribution in [0.5, 0.6) is 0 Å². The van der Waals surface area contributed by atoms with E-state index in [9.17, 15) is 9.18 Å². The minimum atomic E-state index is -0.356. The van der Waals surface area contributed by atoms with Gasteiger partial charge in [-0.25, -0.2) is 8.96 Å². The molecule has 5 nitrogen and oxygen atoms in total. The molecule has 21 heavy (non-hydrogen) atoms. The highest BCUT2D eigenvalue weighted by molar-refractivity contribution is 5.80. The quantitative estimate of drug-likeness (QED) is 0.537. The lowest BCUT2D eigenvalue weighted by atomic mass is 10.2. The van der Waals surface area contributed by atoms with Gasteiger partial charge in [0, 0.05) is 0 Å². The van der Waals surface area contributed by atoms with E-state index in [1.165, 1.54) is 16.7 Å². The molecule has 0 saturated carbocycles. The molecular formula is C15H9FN4O. The smallest absolute Gasteiger partial charge is 0.267 e. The SMILES string of the molecule is O=c1c2ccccc2n2cnnc2n1-c1ccc(F)cc1. The van der Waals surface area contributed by atoms with Crippen molar-refractivity contribution < 1.29 is 4.39 Å². The summed E-state index contributed by atoms with van der Waals surface area (Å²) < 4.78 is 16.3. The molecule has 0 N–H and O–H groups in total. The van der Waals surface area contributed by atoms with Crippen LogP contribution in [0, 0.1) is 5.82 Å². The maximum Gasteiger partial charge on any atom is 0.267 e. The summed E-state index contributed by atoms with van der Waals surface area (Å²) in [7, 11) is 0. The maximum atomic E-state index is 13.1. The van der Waals surface area contributed by atoms with Crippen LogP contribution >= 0.6 is 0 Å². The zero-order valence-electron chi connectivity index (χ0n) is 10.8. The summed E-state index contributed by atoms with van der Waals surface area (Å²) in [6, 6.07) is 12.9. The van der Waals surface area contributed by atoms with Gasteiger partial charge in [0.25, 0.3) is 5.56 Å². The van der Waals surface area contributed by atoms with Gasteiger partial charge >= 0.3 is 0 Å². The number of rotatable bonds is 1. The van der Waals surface area contributed by atoms with E-state index in [-0.39, 0.29) is 11.4 Å². The highest BCUT2D eigenvalue weighted by atomic mass is 19.1. The molecule has 0 fully saturated rings. The normalized spacial score (nSPS) is 11.3. The average Bonchev–Trinajstić information content (AvgIpc) is 2.99. The van der Waals surface area contributed by atoms with Gasteiger partial charge in [0.1, 0.15) is 12.1 Å². The molecule has 0 aliphatic rings. The molecule has 0 atom stereocenters. The second-order valence-corrected chi connectivity index (χ2v) is 4.64. The fourth-order valence-electron chi connectivity index (χ4n) is 2.45. The number of hydrogen-bond acceptors (Lipinski definition) is 3. The van der Waals surface area contributed by atoms with Crippen LogP contribution in [0.15, 0.2) is 59.7 Å². The zero-order chi connectivity index (χ0) is 14.4. The Hall–Kier alpha value is -3.02. The van der Waals surface area contributed by atoms with E-state index in [1.807, 2.05) is 12.1 Å². The van der Waals surface area contributed by atoms with Crippen LogP contribution in [0.25, 0.3) is 22.4 Å². The molecule has 4 rings (SSSR count). The first kappa shape index (κ1) is 11.8. The Kier molecular flexibility index (Phi) is 2.38. The molecular weight excluding hydrogens is 271 g/mol. The summed E-state index contributed by atoms with van der Waals surface area (Å²) in [6.45, 7) is 0. The zero-order valence-corrected chi connectivity index (χ0v) is 10.8. The highest BCUT2D eigenvalue weighted by Crippen LogP contribution is 2.15. The summed E-state index contributed by atoms with van der Waals surface area (Å²) in [6.07, 6.45) is 1.55. The Morgan fingerprint density at radius 3 is 2.57 bits per heavy atom. The molecule has 0 bridgehead atoms. The summed E-state index contributed by atoms with van der Waals surface area (Å²) in [5.74, 6) is 0.0374. The van der Waals surface area contributed by atoms with Gasteiger partial charge in [-0.2, -0.15) is 0 Å². The number of hydrogen-bond donors (Lipinski definition) is 0. The highest BCUT2D eigenvalue weighted by Gasteiger charge is 2.13. The molecule has 2 aromatic carbocycles. The van der Waals surface area contributed by atoms with Crippen molar-refractivity contribution in [1.82, 2.24) is 19.2 Å². The predicted octanol–water partition coefficient (Wildman–Crippen LogP) is 2.17. The summed E-state index contributed by atoms with van der Waals surface area (Å²) in [5.41, 5.74) is 1.07. The third kappa shape index (κ3) is 1.66. The van der Waals surface area contributed by atoms with Crippen molar-refractivity contribution in [2.45, 2.75) is 0 Å². The van der Waals surface area contributed by atoms with Gasteiger partial charge < -0.3 is 0 Å². The molecule has 2 aromatic heterocycles. The monoisotopic (exact) mass is 280 g/mol. The molecule has 2 heterocycles. The third-order valence-corrected chi connectivity index (χ3v) is 3.41. The van der Waals surface area contributed by atoms with Crippen LogP contribution in [-0.4, -0.2) is 19.2 Å². The second kappa shape index (κ2) is 4.24. The molecule has 102 valence electrons. The first-order valence-corrected chi connectivity index (χ1v) is 6.35. The van der Waals surface area contributed by atoms with E-state index >= 15 is 0 Å². The molecule has 6 heteroatoms. The molecule has 0 amide bonds. The Bertz CT molecular complexity index is 1020. The first-order chi connectivity index (χ1) is 10.3. The van der Waals surface area contributed by atoms with Crippen LogP contribution in [-0.2, 0) is 0 Å². The minimum Gasteiger partial charge on any atom is -0.268 e. The lowest BCUT2D eigenvalue weighted by Crippen LogP contribution is -2.21. The Morgan fingerprint density at radius 2 is 1.76 bits per heavy atom. The summed E-state index contributed by atoms with van der Waals surface area (Å²) >= 11 is 0. The number of benzene rings is 2. The van der Waals surface area contributed by atoms with Crippen molar-refractivity contribution in [3.63, 3.8) is 0 Å². The third-order valence-electron chi connectivity index (χ3n) is 3.41. The van der Waals surface area contributed by atoms with Gasteiger partial charge in [-0.05, 0) is 36.4 Å². The Balaban J connectivity index is 2.21. The van der Waals surface area contributed by atoms with E-state index in [0.717, 1.165) is 5.52 Å². The lowest BCUT2D eigenvalue weighted by molar-refractivity contribution is 0.627. The van der Waals surface area contributed by atoms with Gasteiger partial charge in [0.15, 0.2) is 0 Å². The van der Waals surface area contributed by atoms with Crippen molar-refractivity contribution in [3.8, 4) is 5.69 Å². The first-order valence-electron chi connectivity index (χ1n) is 6.35. The van der Waals surface area contributed by atoms with Gasteiger partial charge in [0.2, 0.25) is 5.78 Å². The van der Waals surface area contributed by atoms with Crippen LogP contribution in [0.1, 0.15) is 0 Å². The largest absolute Gasteiger partial charge is 0.268 e. The van der Waals surface area contributed by atoms with Crippen LogP contribution in [0.2, 0.25) is 0 Å². The van der Waals surface area contributed by atoms with E-state index in [2.05, 4.69) is 10.2 Å². The molecule has 0 aliphatic heterocycles. The van der Waals surface area contributed by atoms with Crippen LogP contribution in [0.3, 0.4) is 0 Å². The van der Waals surface area contributed by atoms with E-state index < -0.39 is 0 Å². The van der Waals surface area contributed by atoms with Crippen molar-refractivity contribution >= 4 is 16.7 Å². The number of para-hydroxylation sites is 1. The van der Waals surface area contributed by atoms with Gasteiger partial charge in [-0.15, -0.1) is 10.2 Å². The molecule has 0 spiro atoms. The maximum absolute atomic E-state index is 13.1. The van der Waals surface area contributed by atoms with E-state index in [1.54, 1.807) is 35.0 Å². The second-order valence-electron chi connectivity index (χ2n) is 4.64. The van der Waals surface area contributed by atoms with Crippen molar-refractivity contribution in [2.24, 2.45) is 0 Å². The van der Waals surface area contributed by atoms with E-state index in [0.29, 0.717) is 16.9 Å². The standard InChI is InChI=1S/C15H9FN4O/c16-10-5-7-11(8-6-10)20-14(21)12-3-1-2-4-13(12)19-9-17-18-15(19)20/h1-9H. The van der Waals surface area contributed by atoms with Crippen molar-refractivity contribution in [2.75, 3.05) is 0 Å². The molecule has 0 aliphatic carbocycles. The van der Waals surface area contributed by atoms with Crippen molar-refractivity contribution in [3.05, 3.63) is 71.0 Å². The fourth-order valence-corrected chi connectivity index (χ4v) is 2.45. The summed E-state index contributed by atoms with van der Waals surface area (Å²) in [4.78, 5) is 12.7. The number of nitrogens with zero attached hydrogens (tertiary/aromatic N) is 4. The van der Waals surface area contributed by atoms with Crippen molar-refractivity contribution in [1.29, 1.82) is 0 Å². The van der Waals surface area contributed by atoms with Crippen LogP contribution in [0.4, 0.5) is 4.39 Å². The molecule has 0 unspecified atom stereocenters. The number of halogens is 1. The Labute approximate surface area is 117 Å². The van der Waals surface area contributed by atoms with Gasteiger partial charge in [-0.1, -0.05) is 12.1 Å². The number of aromatic nitrogens is 4. The van der Waals surface area contributed by atoms with Crippen LogP contribution < -0.4 is 5.56 Å². The number of fused-ring (bicyclic) bond motifs is 3. The molecule has 0 saturated heterocycles. The predicted molar refractivity (Wildman–Crippen MR) is 76.0 cm³/mol. The molecule has 0 radical (unpaired) electrons. The molecule has 4 aromatic rings. The topological polar surface area (TPSA) is 52.2 Å². The average molecular weight is 280 g/mol. The fraction of sp³-hybridized carbons (Fsp3) is 0. The minimum absolute atomic E-state index is 0.210. The van der Waals surface area contributed by atoms with Gasteiger partial charge in [0.05, 0.1) is 16.6 Å². The van der Waals surface area contributed by atoms with Gasteiger partial charge in [-0.3, -0.25) is 9.20 Å².